The van der Waals surface area contributed by atoms with E-state index in [0.29, 0.717) is 11.1 Å². The number of hydrogen-bond donors (Lipinski definition) is 3. The van der Waals surface area contributed by atoms with E-state index in [1.807, 2.05) is 0 Å². The summed E-state index contributed by atoms with van der Waals surface area (Å²) < 4.78 is 0. The Labute approximate surface area is 122 Å². The number of hydrogen-bond acceptors (Lipinski definition) is 7. The SMILES string of the molecule is CC1CCCCC1NC(=O)CSc1nc(N)nc(N)n1. The second-order valence-corrected chi connectivity index (χ2v) is 6.00. The minimum absolute atomic E-state index is 0.00805. The van der Waals surface area contributed by atoms with E-state index >= 15 is 0 Å². The molecular formula is C12H20N6OS. The monoisotopic (exact) mass is 296 g/mol. The van der Waals surface area contributed by atoms with Crippen molar-refractivity contribution in [3.63, 3.8) is 0 Å². The normalized spacial score (nSPS) is 22.4. The van der Waals surface area contributed by atoms with Gasteiger partial charge in [0, 0.05) is 6.04 Å². The molecule has 0 spiro atoms. The molecule has 1 saturated carbocycles. The number of aromatic nitrogens is 3. The van der Waals surface area contributed by atoms with Crippen LogP contribution in [0.4, 0.5) is 11.9 Å². The molecule has 2 atom stereocenters. The van der Waals surface area contributed by atoms with Crippen LogP contribution in [0.2, 0.25) is 0 Å². The number of nitrogens with zero attached hydrogens (tertiary/aromatic N) is 3. The fourth-order valence-electron chi connectivity index (χ4n) is 2.36. The molecule has 0 aliphatic heterocycles. The van der Waals surface area contributed by atoms with Crippen molar-refractivity contribution in [2.75, 3.05) is 17.2 Å². The molecule has 8 heteroatoms. The summed E-state index contributed by atoms with van der Waals surface area (Å²) in [4.78, 5) is 23.5. The Morgan fingerprint density at radius 2 is 1.90 bits per heavy atom. The number of carbonyl (C=O) groups excluding carboxylic acids is 1. The molecule has 1 amide bonds. The van der Waals surface area contributed by atoms with E-state index in [0.717, 1.165) is 6.42 Å². The Balaban J connectivity index is 1.82. The molecule has 5 N–H and O–H groups in total. The molecule has 2 unspecified atom stereocenters. The van der Waals surface area contributed by atoms with Crippen LogP contribution in [0.5, 0.6) is 0 Å². The summed E-state index contributed by atoms with van der Waals surface area (Å²) in [6.45, 7) is 2.19. The first-order valence-electron chi connectivity index (χ1n) is 6.74. The van der Waals surface area contributed by atoms with Crippen LogP contribution in [0.25, 0.3) is 0 Å². The van der Waals surface area contributed by atoms with Gasteiger partial charge in [-0.3, -0.25) is 4.79 Å². The van der Waals surface area contributed by atoms with E-state index in [1.165, 1.54) is 31.0 Å². The highest BCUT2D eigenvalue weighted by Crippen LogP contribution is 2.24. The zero-order valence-electron chi connectivity index (χ0n) is 11.5. The number of nitrogen functional groups attached to an aromatic ring is 2. The summed E-state index contributed by atoms with van der Waals surface area (Å²) in [5.74, 6) is 0.932. The highest BCUT2D eigenvalue weighted by molar-refractivity contribution is 7.99. The molecule has 0 saturated heterocycles. The van der Waals surface area contributed by atoms with E-state index < -0.39 is 0 Å². The Kier molecular flexibility index (Phi) is 4.99. The average Bonchev–Trinajstić information content (AvgIpc) is 2.38. The van der Waals surface area contributed by atoms with Crippen molar-refractivity contribution in [3.8, 4) is 0 Å². The van der Waals surface area contributed by atoms with Crippen LogP contribution in [-0.4, -0.2) is 32.7 Å². The fraction of sp³-hybridized carbons (Fsp3) is 0.667. The quantitative estimate of drug-likeness (QED) is 0.703. The second-order valence-electron chi connectivity index (χ2n) is 5.06. The van der Waals surface area contributed by atoms with Crippen molar-refractivity contribution in [2.24, 2.45) is 5.92 Å². The van der Waals surface area contributed by atoms with Gasteiger partial charge in [-0.15, -0.1) is 0 Å². The van der Waals surface area contributed by atoms with Gasteiger partial charge in [0.2, 0.25) is 17.8 Å². The Morgan fingerprint density at radius 1 is 1.25 bits per heavy atom. The molecule has 1 aliphatic carbocycles. The van der Waals surface area contributed by atoms with Crippen molar-refractivity contribution in [3.05, 3.63) is 0 Å². The molecule has 0 bridgehead atoms. The highest BCUT2D eigenvalue weighted by Gasteiger charge is 2.22. The third kappa shape index (κ3) is 4.22. The van der Waals surface area contributed by atoms with E-state index in [2.05, 4.69) is 27.2 Å². The maximum absolute atomic E-state index is 11.9. The zero-order chi connectivity index (χ0) is 14.5. The van der Waals surface area contributed by atoms with Crippen molar-refractivity contribution >= 4 is 29.6 Å². The molecule has 0 radical (unpaired) electrons. The molecule has 1 aromatic rings. The van der Waals surface area contributed by atoms with Gasteiger partial charge >= 0.3 is 0 Å². The maximum Gasteiger partial charge on any atom is 0.230 e. The number of anilines is 2. The molecule has 1 fully saturated rings. The Hall–Kier alpha value is -1.57. The van der Waals surface area contributed by atoms with Gasteiger partial charge in [0.25, 0.3) is 0 Å². The van der Waals surface area contributed by atoms with Crippen molar-refractivity contribution in [1.29, 1.82) is 0 Å². The largest absolute Gasteiger partial charge is 0.368 e. The smallest absolute Gasteiger partial charge is 0.230 e. The number of thioether (sulfide) groups is 1. The van der Waals surface area contributed by atoms with E-state index in [1.54, 1.807) is 0 Å². The van der Waals surface area contributed by atoms with Gasteiger partial charge in [-0.25, -0.2) is 0 Å². The Bertz CT molecular complexity index is 463. The summed E-state index contributed by atoms with van der Waals surface area (Å²) in [5, 5.41) is 3.45. The average molecular weight is 296 g/mol. The molecule has 1 aromatic heterocycles. The summed E-state index contributed by atoms with van der Waals surface area (Å²) in [6, 6.07) is 0.283. The molecule has 0 aromatic carbocycles. The fourth-order valence-corrected chi connectivity index (χ4v) is 3.02. The van der Waals surface area contributed by atoms with Crippen LogP contribution in [0.3, 0.4) is 0 Å². The lowest BCUT2D eigenvalue weighted by Crippen LogP contribution is -2.41. The van der Waals surface area contributed by atoms with Gasteiger partial charge in [-0.2, -0.15) is 15.0 Å². The molecule has 110 valence electrons. The molecule has 7 nitrogen and oxygen atoms in total. The number of carbonyl (C=O) groups is 1. The number of rotatable bonds is 4. The lowest BCUT2D eigenvalue weighted by Gasteiger charge is -2.29. The van der Waals surface area contributed by atoms with Crippen molar-refractivity contribution in [1.82, 2.24) is 20.3 Å². The lowest BCUT2D eigenvalue weighted by atomic mass is 9.86. The van der Waals surface area contributed by atoms with Gasteiger partial charge < -0.3 is 16.8 Å². The van der Waals surface area contributed by atoms with E-state index in [9.17, 15) is 4.79 Å². The standard InChI is InChI=1S/C12H20N6OS/c1-7-4-2-3-5-8(7)15-9(19)6-20-12-17-10(13)16-11(14)18-12/h7-8H,2-6H2,1H3,(H,15,19)(H4,13,14,16,17,18). The van der Waals surface area contributed by atoms with Crippen LogP contribution in [0, 0.1) is 5.92 Å². The van der Waals surface area contributed by atoms with Gasteiger partial charge in [0.05, 0.1) is 5.75 Å². The molecule has 1 heterocycles. The van der Waals surface area contributed by atoms with Crippen LogP contribution < -0.4 is 16.8 Å². The van der Waals surface area contributed by atoms with Crippen molar-refractivity contribution < 1.29 is 4.79 Å². The van der Waals surface area contributed by atoms with E-state index in [4.69, 9.17) is 11.5 Å². The number of nitrogens with two attached hydrogens (primary N) is 2. The van der Waals surface area contributed by atoms with Gasteiger partial charge in [-0.1, -0.05) is 31.5 Å². The molecule has 20 heavy (non-hydrogen) atoms. The zero-order valence-corrected chi connectivity index (χ0v) is 12.3. The van der Waals surface area contributed by atoms with Crippen LogP contribution >= 0.6 is 11.8 Å². The third-order valence-electron chi connectivity index (χ3n) is 3.44. The number of nitrogens with one attached hydrogen (secondary N) is 1. The summed E-state index contributed by atoms with van der Waals surface area (Å²) in [7, 11) is 0. The Morgan fingerprint density at radius 3 is 2.55 bits per heavy atom. The maximum atomic E-state index is 11.9. The lowest BCUT2D eigenvalue weighted by molar-refractivity contribution is -0.119. The summed E-state index contributed by atoms with van der Waals surface area (Å²) in [6.07, 6.45) is 4.68. The van der Waals surface area contributed by atoms with Gasteiger partial charge in [0.15, 0.2) is 5.16 Å². The first-order valence-corrected chi connectivity index (χ1v) is 7.72. The first kappa shape index (κ1) is 14.8. The number of amides is 1. The third-order valence-corrected chi connectivity index (χ3v) is 4.29. The second kappa shape index (κ2) is 6.74. The van der Waals surface area contributed by atoms with Crippen LogP contribution in [0.15, 0.2) is 5.16 Å². The topological polar surface area (TPSA) is 120 Å². The highest BCUT2D eigenvalue weighted by atomic mass is 32.2. The predicted molar refractivity (Wildman–Crippen MR) is 78.9 cm³/mol. The minimum Gasteiger partial charge on any atom is -0.368 e. The molecule has 2 rings (SSSR count). The van der Waals surface area contributed by atoms with Gasteiger partial charge in [-0.05, 0) is 18.8 Å². The van der Waals surface area contributed by atoms with Crippen LogP contribution in [-0.2, 0) is 4.79 Å². The van der Waals surface area contributed by atoms with Gasteiger partial charge in [0.1, 0.15) is 0 Å². The minimum atomic E-state index is -0.00805. The van der Waals surface area contributed by atoms with Crippen molar-refractivity contribution in [2.45, 2.75) is 43.8 Å². The molecular weight excluding hydrogens is 276 g/mol. The predicted octanol–water partition coefficient (Wildman–Crippen LogP) is 0.823. The molecule has 1 aliphatic rings. The first-order chi connectivity index (χ1) is 9.54. The summed E-state index contributed by atoms with van der Waals surface area (Å²) >= 11 is 1.21. The van der Waals surface area contributed by atoms with E-state index in [-0.39, 0.29) is 29.6 Å². The van der Waals surface area contributed by atoms with Crippen LogP contribution in [0.1, 0.15) is 32.6 Å². The summed E-state index contributed by atoms with van der Waals surface area (Å²) in [5.41, 5.74) is 11.0.